The fourth-order valence-electron chi connectivity index (χ4n) is 5.13. The first-order valence-electron chi connectivity index (χ1n) is 9.54. The number of fused-ring (bicyclic) bond motifs is 10. The van der Waals surface area contributed by atoms with Crippen LogP contribution in [-0.4, -0.2) is 0 Å². The molecule has 0 saturated carbocycles. The van der Waals surface area contributed by atoms with E-state index in [4.69, 9.17) is 0 Å². The third-order valence-electron chi connectivity index (χ3n) is 6.37. The lowest BCUT2D eigenvalue weighted by molar-refractivity contribution is 1.16. The van der Waals surface area contributed by atoms with Gasteiger partial charge in [0, 0.05) is 20.2 Å². The summed E-state index contributed by atoms with van der Waals surface area (Å²) in [5.74, 6) is 0. The first-order chi connectivity index (χ1) is 13.4. The van der Waals surface area contributed by atoms with Crippen LogP contribution in [-0.2, 0) is 12.8 Å². The second kappa shape index (κ2) is 4.88. The topological polar surface area (TPSA) is 0 Å². The van der Waals surface area contributed by atoms with Crippen LogP contribution < -0.4 is 0 Å². The summed E-state index contributed by atoms with van der Waals surface area (Å²) in [6.07, 6.45) is 2.15. The van der Waals surface area contributed by atoms with E-state index in [0.717, 1.165) is 12.8 Å². The van der Waals surface area contributed by atoms with Gasteiger partial charge in [-0.1, -0.05) is 54.6 Å². The molecule has 4 aromatic carbocycles. The predicted molar refractivity (Wildman–Crippen MR) is 116 cm³/mol. The van der Waals surface area contributed by atoms with Gasteiger partial charge in [0.05, 0.1) is 0 Å². The molecular weight excluding hydrogens is 344 g/mol. The summed E-state index contributed by atoms with van der Waals surface area (Å²) in [7, 11) is 0. The number of hydrogen-bond donors (Lipinski definition) is 0. The molecule has 0 amide bonds. The summed E-state index contributed by atoms with van der Waals surface area (Å²) < 4.78 is 2.80. The van der Waals surface area contributed by atoms with E-state index in [1.54, 1.807) is 11.1 Å². The quantitative estimate of drug-likeness (QED) is 0.268. The highest BCUT2D eigenvalue weighted by atomic mass is 32.1. The maximum Gasteiger partial charge on any atom is 0.0361 e. The van der Waals surface area contributed by atoms with Gasteiger partial charge in [-0.3, -0.25) is 0 Å². The summed E-state index contributed by atoms with van der Waals surface area (Å²) in [5, 5.41) is 2.82. The highest BCUT2D eigenvalue weighted by Gasteiger charge is 2.28. The minimum absolute atomic E-state index is 1.07. The van der Waals surface area contributed by atoms with Crippen LogP contribution in [0.2, 0.25) is 0 Å². The van der Waals surface area contributed by atoms with E-state index in [1.807, 2.05) is 11.3 Å². The van der Waals surface area contributed by atoms with Gasteiger partial charge in [0.25, 0.3) is 0 Å². The minimum Gasteiger partial charge on any atom is -0.135 e. The van der Waals surface area contributed by atoms with Gasteiger partial charge in [-0.2, -0.15) is 0 Å². The molecule has 1 heteroatoms. The molecule has 0 aliphatic heterocycles. The van der Waals surface area contributed by atoms with Gasteiger partial charge in [-0.15, -0.1) is 11.3 Å². The molecule has 126 valence electrons. The van der Waals surface area contributed by atoms with Crippen LogP contribution in [0.4, 0.5) is 0 Å². The molecule has 2 aliphatic rings. The summed E-state index contributed by atoms with van der Waals surface area (Å²) in [6, 6.07) is 27.3. The van der Waals surface area contributed by atoms with Gasteiger partial charge in [0.2, 0.25) is 0 Å². The molecule has 27 heavy (non-hydrogen) atoms. The average molecular weight is 360 g/mol. The van der Waals surface area contributed by atoms with Gasteiger partial charge in [-0.25, -0.2) is 0 Å². The highest BCUT2D eigenvalue weighted by molar-refractivity contribution is 7.25. The van der Waals surface area contributed by atoms with Gasteiger partial charge >= 0.3 is 0 Å². The smallest absolute Gasteiger partial charge is 0.0361 e. The normalized spacial score (nSPS) is 13.6. The van der Waals surface area contributed by atoms with Crippen molar-refractivity contribution in [3.63, 3.8) is 0 Å². The van der Waals surface area contributed by atoms with Crippen LogP contribution in [0.15, 0.2) is 72.8 Å². The molecule has 0 N–H and O–H groups in total. The highest BCUT2D eigenvalue weighted by Crippen LogP contribution is 2.48. The zero-order chi connectivity index (χ0) is 17.5. The molecule has 2 aliphatic carbocycles. The van der Waals surface area contributed by atoms with Crippen molar-refractivity contribution in [3.8, 4) is 22.3 Å². The number of rotatable bonds is 0. The molecule has 7 rings (SSSR count). The zero-order valence-electron chi connectivity index (χ0n) is 14.8. The Morgan fingerprint density at radius 1 is 0.519 bits per heavy atom. The van der Waals surface area contributed by atoms with Gasteiger partial charge in [0.15, 0.2) is 0 Å². The summed E-state index contributed by atoms with van der Waals surface area (Å²) in [5.41, 5.74) is 11.9. The minimum atomic E-state index is 1.07. The summed E-state index contributed by atoms with van der Waals surface area (Å²) in [4.78, 5) is 0. The van der Waals surface area contributed by atoms with E-state index in [9.17, 15) is 0 Å². The Morgan fingerprint density at radius 3 is 2.19 bits per heavy atom. The Hall–Kier alpha value is -2.90. The van der Waals surface area contributed by atoms with Gasteiger partial charge in [0.1, 0.15) is 0 Å². The average Bonchev–Trinajstić information content (AvgIpc) is 3.36. The third kappa shape index (κ3) is 1.78. The van der Waals surface area contributed by atoms with Gasteiger partial charge in [-0.05, 0) is 75.5 Å². The van der Waals surface area contributed by atoms with E-state index >= 15 is 0 Å². The van der Waals surface area contributed by atoms with E-state index in [2.05, 4.69) is 72.8 Å². The van der Waals surface area contributed by atoms with Crippen molar-refractivity contribution < 1.29 is 0 Å². The summed E-state index contributed by atoms with van der Waals surface area (Å²) >= 11 is 1.92. The van der Waals surface area contributed by atoms with E-state index in [1.165, 1.54) is 53.6 Å². The molecule has 0 bridgehead atoms. The van der Waals surface area contributed by atoms with Crippen molar-refractivity contribution in [2.45, 2.75) is 12.8 Å². The lowest BCUT2D eigenvalue weighted by Crippen LogP contribution is -1.90. The maximum absolute atomic E-state index is 2.46. The SMILES string of the molecule is c1ccc2c(c1)Cc1c-2ccc2c1Cc1cc3c(cc1-2)sc1ccccc13. The molecule has 0 saturated heterocycles. The fourth-order valence-corrected chi connectivity index (χ4v) is 6.26. The maximum atomic E-state index is 2.46. The molecule has 0 atom stereocenters. The van der Waals surface area contributed by atoms with Crippen molar-refractivity contribution >= 4 is 31.5 Å². The molecule has 5 aromatic rings. The van der Waals surface area contributed by atoms with Crippen LogP contribution in [0.3, 0.4) is 0 Å². The van der Waals surface area contributed by atoms with E-state index in [-0.39, 0.29) is 0 Å². The van der Waals surface area contributed by atoms with Gasteiger partial charge < -0.3 is 0 Å². The standard InChI is InChI=1S/C26H16S/c1-2-6-17-15(5-1)11-22-18(17)9-10-19-21-14-26-24(13-16(21)12-23(19)22)20-7-3-4-8-25(20)27-26/h1-10,13-14H,11-12H2. The van der Waals surface area contributed by atoms with Crippen LogP contribution in [0, 0.1) is 0 Å². The van der Waals surface area contributed by atoms with Crippen molar-refractivity contribution in [2.24, 2.45) is 0 Å². The van der Waals surface area contributed by atoms with Crippen molar-refractivity contribution in [1.82, 2.24) is 0 Å². The van der Waals surface area contributed by atoms with Crippen molar-refractivity contribution in [2.75, 3.05) is 0 Å². The number of thiophene rings is 1. The van der Waals surface area contributed by atoms with E-state index < -0.39 is 0 Å². The monoisotopic (exact) mass is 360 g/mol. The zero-order valence-corrected chi connectivity index (χ0v) is 15.6. The fraction of sp³-hybridized carbons (Fsp3) is 0.0769. The molecule has 1 aromatic heterocycles. The first-order valence-corrected chi connectivity index (χ1v) is 10.4. The third-order valence-corrected chi connectivity index (χ3v) is 7.50. The lowest BCUT2D eigenvalue weighted by Gasteiger charge is -2.07. The second-order valence-corrected chi connectivity index (χ2v) is 8.82. The lowest BCUT2D eigenvalue weighted by atomic mass is 9.96. The summed E-state index contributed by atoms with van der Waals surface area (Å²) in [6.45, 7) is 0. The number of hydrogen-bond acceptors (Lipinski definition) is 1. The Kier molecular flexibility index (Phi) is 2.56. The molecule has 0 unspecified atom stereocenters. The van der Waals surface area contributed by atoms with Crippen molar-refractivity contribution in [1.29, 1.82) is 0 Å². The van der Waals surface area contributed by atoms with Crippen LogP contribution >= 0.6 is 11.3 Å². The van der Waals surface area contributed by atoms with Crippen LogP contribution in [0.5, 0.6) is 0 Å². The van der Waals surface area contributed by atoms with Crippen molar-refractivity contribution in [3.05, 3.63) is 95.1 Å². The largest absolute Gasteiger partial charge is 0.135 e. The van der Waals surface area contributed by atoms with Crippen LogP contribution in [0.1, 0.15) is 22.3 Å². The Bertz CT molecular complexity index is 1420. The molecule has 0 radical (unpaired) electrons. The molecule has 0 spiro atoms. The number of benzene rings is 4. The predicted octanol–water partition coefficient (Wildman–Crippen LogP) is 7.20. The second-order valence-electron chi connectivity index (χ2n) is 7.73. The molecule has 1 heterocycles. The van der Waals surface area contributed by atoms with Crippen LogP contribution in [0.25, 0.3) is 42.4 Å². The molecular formula is C26H16S. The molecule has 0 nitrogen and oxygen atoms in total. The first kappa shape index (κ1) is 14.2. The molecule has 0 fully saturated rings. The Balaban J connectivity index is 1.48. The Morgan fingerprint density at radius 2 is 1.26 bits per heavy atom. The van der Waals surface area contributed by atoms with E-state index in [0.29, 0.717) is 0 Å². The Labute approximate surface area is 161 Å².